The number of nitrogens with zero attached hydrogens (tertiary/aromatic N) is 1. The van der Waals surface area contributed by atoms with Crippen LogP contribution in [-0.4, -0.2) is 31.9 Å². The summed E-state index contributed by atoms with van der Waals surface area (Å²) in [5, 5.41) is 0. The SMILES string of the molecule is Cc1ccccc1S(=O)(=O)N1CCC(C)C1CN. The smallest absolute Gasteiger partial charge is 0.243 e. The quantitative estimate of drug-likeness (QED) is 0.900. The zero-order valence-electron chi connectivity index (χ0n) is 10.8. The predicted octanol–water partition coefficient (Wildman–Crippen LogP) is 1.35. The molecule has 1 aromatic rings. The van der Waals surface area contributed by atoms with Gasteiger partial charge in [0.15, 0.2) is 0 Å². The Morgan fingerprint density at radius 3 is 2.67 bits per heavy atom. The highest BCUT2D eigenvalue weighted by Gasteiger charge is 2.39. The molecule has 0 radical (unpaired) electrons. The predicted molar refractivity (Wildman–Crippen MR) is 71.7 cm³/mol. The van der Waals surface area contributed by atoms with E-state index < -0.39 is 10.0 Å². The largest absolute Gasteiger partial charge is 0.329 e. The molecule has 1 fully saturated rings. The highest BCUT2D eigenvalue weighted by atomic mass is 32.2. The van der Waals surface area contributed by atoms with E-state index in [0.717, 1.165) is 12.0 Å². The molecule has 1 aromatic carbocycles. The van der Waals surface area contributed by atoms with Crippen molar-refractivity contribution < 1.29 is 8.42 Å². The van der Waals surface area contributed by atoms with Crippen LogP contribution in [-0.2, 0) is 10.0 Å². The average molecular weight is 268 g/mol. The van der Waals surface area contributed by atoms with E-state index in [0.29, 0.717) is 23.9 Å². The number of hydrogen-bond donors (Lipinski definition) is 1. The van der Waals surface area contributed by atoms with Crippen molar-refractivity contribution in [3.63, 3.8) is 0 Å². The summed E-state index contributed by atoms with van der Waals surface area (Å²) in [6.45, 7) is 4.83. The van der Waals surface area contributed by atoms with Gasteiger partial charge in [-0.1, -0.05) is 25.1 Å². The minimum Gasteiger partial charge on any atom is -0.329 e. The number of benzene rings is 1. The third-order valence-corrected chi connectivity index (χ3v) is 5.84. The van der Waals surface area contributed by atoms with Crippen molar-refractivity contribution in [3.05, 3.63) is 29.8 Å². The fraction of sp³-hybridized carbons (Fsp3) is 0.538. The van der Waals surface area contributed by atoms with Crippen molar-refractivity contribution in [1.29, 1.82) is 0 Å². The normalized spacial score (nSPS) is 25.5. The van der Waals surface area contributed by atoms with Crippen LogP contribution in [0, 0.1) is 12.8 Å². The van der Waals surface area contributed by atoms with Crippen LogP contribution in [0.1, 0.15) is 18.9 Å². The van der Waals surface area contributed by atoms with E-state index in [1.54, 1.807) is 16.4 Å². The summed E-state index contributed by atoms with van der Waals surface area (Å²) in [7, 11) is -3.41. The molecule has 2 atom stereocenters. The summed E-state index contributed by atoms with van der Waals surface area (Å²) in [4.78, 5) is 0.401. The van der Waals surface area contributed by atoms with Gasteiger partial charge < -0.3 is 5.73 Å². The van der Waals surface area contributed by atoms with Gasteiger partial charge in [0.2, 0.25) is 10.0 Å². The first kappa shape index (κ1) is 13.5. The molecular weight excluding hydrogens is 248 g/mol. The van der Waals surface area contributed by atoms with E-state index in [-0.39, 0.29) is 6.04 Å². The summed E-state index contributed by atoms with van der Waals surface area (Å²) < 4.78 is 26.9. The van der Waals surface area contributed by atoms with Crippen molar-refractivity contribution in [2.45, 2.75) is 31.2 Å². The van der Waals surface area contributed by atoms with Crippen LogP contribution in [0.3, 0.4) is 0 Å². The number of hydrogen-bond acceptors (Lipinski definition) is 3. The lowest BCUT2D eigenvalue weighted by molar-refractivity contribution is 0.354. The Kier molecular flexibility index (Phi) is 3.75. The van der Waals surface area contributed by atoms with Crippen LogP contribution in [0.2, 0.25) is 0 Å². The van der Waals surface area contributed by atoms with Crippen LogP contribution in [0.25, 0.3) is 0 Å². The zero-order chi connectivity index (χ0) is 13.3. The van der Waals surface area contributed by atoms with Gasteiger partial charge in [0.1, 0.15) is 0 Å². The van der Waals surface area contributed by atoms with E-state index in [2.05, 4.69) is 6.92 Å². The Balaban J connectivity index is 2.41. The fourth-order valence-electron chi connectivity index (χ4n) is 2.59. The van der Waals surface area contributed by atoms with E-state index in [1.807, 2.05) is 19.1 Å². The first-order valence-electron chi connectivity index (χ1n) is 6.26. The third kappa shape index (κ3) is 2.18. The molecule has 1 heterocycles. The van der Waals surface area contributed by atoms with Crippen molar-refractivity contribution in [1.82, 2.24) is 4.31 Å². The van der Waals surface area contributed by atoms with Gasteiger partial charge in [-0.3, -0.25) is 0 Å². The molecule has 1 aliphatic heterocycles. The standard InChI is InChI=1S/C13H20N2O2S/c1-10-7-8-15(12(10)9-14)18(16,17)13-6-4-3-5-11(13)2/h3-6,10,12H,7-9,14H2,1-2H3. The molecule has 1 aliphatic rings. The zero-order valence-corrected chi connectivity index (χ0v) is 11.7. The molecule has 0 saturated carbocycles. The lowest BCUT2D eigenvalue weighted by atomic mass is 10.0. The molecule has 0 aliphatic carbocycles. The highest BCUT2D eigenvalue weighted by molar-refractivity contribution is 7.89. The van der Waals surface area contributed by atoms with Crippen molar-refractivity contribution in [2.75, 3.05) is 13.1 Å². The van der Waals surface area contributed by atoms with Gasteiger partial charge in [0.25, 0.3) is 0 Å². The molecule has 1 saturated heterocycles. The maximum absolute atomic E-state index is 12.6. The highest BCUT2D eigenvalue weighted by Crippen LogP contribution is 2.30. The summed E-state index contributed by atoms with van der Waals surface area (Å²) in [5.74, 6) is 0.328. The summed E-state index contributed by atoms with van der Waals surface area (Å²) in [6, 6.07) is 7.03. The Labute approximate surface area is 109 Å². The van der Waals surface area contributed by atoms with E-state index in [4.69, 9.17) is 5.73 Å². The maximum atomic E-state index is 12.6. The van der Waals surface area contributed by atoms with Crippen molar-refractivity contribution in [3.8, 4) is 0 Å². The van der Waals surface area contributed by atoms with Gasteiger partial charge in [-0.2, -0.15) is 4.31 Å². The number of sulfonamides is 1. The van der Waals surface area contributed by atoms with Gasteiger partial charge in [-0.25, -0.2) is 8.42 Å². The Morgan fingerprint density at radius 1 is 1.39 bits per heavy atom. The van der Waals surface area contributed by atoms with Crippen molar-refractivity contribution >= 4 is 10.0 Å². The monoisotopic (exact) mass is 268 g/mol. The summed E-state index contributed by atoms with van der Waals surface area (Å²) in [5.41, 5.74) is 6.51. The van der Waals surface area contributed by atoms with Crippen LogP contribution in [0.4, 0.5) is 0 Å². The molecule has 2 unspecified atom stereocenters. The van der Waals surface area contributed by atoms with E-state index in [9.17, 15) is 8.42 Å². The molecule has 4 nitrogen and oxygen atoms in total. The number of aryl methyl sites for hydroxylation is 1. The maximum Gasteiger partial charge on any atom is 0.243 e. The molecule has 5 heteroatoms. The second-order valence-corrected chi connectivity index (χ2v) is 6.81. The molecule has 100 valence electrons. The molecule has 0 amide bonds. The minimum atomic E-state index is -3.41. The number of rotatable bonds is 3. The second kappa shape index (κ2) is 4.99. The molecular formula is C13H20N2O2S. The molecule has 0 bridgehead atoms. The molecule has 0 spiro atoms. The minimum absolute atomic E-state index is 0.0744. The molecule has 0 aromatic heterocycles. The van der Waals surface area contributed by atoms with Crippen LogP contribution >= 0.6 is 0 Å². The Bertz CT molecular complexity index is 528. The number of nitrogens with two attached hydrogens (primary N) is 1. The first-order valence-corrected chi connectivity index (χ1v) is 7.70. The summed E-state index contributed by atoms with van der Waals surface area (Å²) >= 11 is 0. The third-order valence-electron chi connectivity index (χ3n) is 3.75. The van der Waals surface area contributed by atoms with Gasteiger partial charge in [-0.05, 0) is 30.9 Å². The lowest BCUT2D eigenvalue weighted by Crippen LogP contribution is -2.42. The lowest BCUT2D eigenvalue weighted by Gasteiger charge is -2.25. The van der Waals surface area contributed by atoms with Gasteiger partial charge in [-0.15, -0.1) is 0 Å². The fourth-order valence-corrected chi connectivity index (χ4v) is 4.57. The van der Waals surface area contributed by atoms with Crippen LogP contribution in [0.5, 0.6) is 0 Å². The van der Waals surface area contributed by atoms with E-state index in [1.165, 1.54) is 0 Å². The van der Waals surface area contributed by atoms with Gasteiger partial charge in [0, 0.05) is 19.1 Å². The topological polar surface area (TPSA) is 63.4 Å². The second-order valence-electron chi connectivity index (χ2n) is 4.95. The Morgan fingerprint density at radius 2 is 2.06 bits per heavy atom. The van der Waals surface area contributed by atoms with Gasteiger partial charge in [0.05, 0.1) is 4.90 Å². The first-order chi connectivity index (χ1) is 8.48. The van der Waals surface area contributed by atoms with Crippen LogP contribution in [0.15, 0.2) is 29.2 Å². The molecule has 18 heavy (non-hydrogen) atoms. The Hall–Kier alpha value is -0.910. The van der Waals surface area contributed by atoms with Gasteiger partial charge >= 0.3 is 0 Å². The van der Waals surface area contributed by atoms with E-state index >= 15 is 0 Å². The van der Waals surface area contributed by atoms with Crippen molar-refractivity contribution in [2.24, 2.45) is 11.7 Å². The summed E-state index contributed by atoms with van der Waals surface area (Å²) in [6.07, 6.45) is 0.882. The molecule has 2 N–H and O–H groups in total. The van der Waals surface area contributed by atoms with Crippen LogP contribution < -0.4 is 5.73 Å². The average Bonchev–Trinajstić information content (AvgIpc) is 2.71. The molecule has 2 rings (SSSR count).